The minimum absolute atomic E-state index is 0.459. The molecule has 92 valence electrons. The number of rotatable bonds is 2. The van der Waals surface area contributed by atoms with E-state index in [-0.39, 0.29) is 0 Å². The lowest BCUT2D eigenvalue weighted by Gasteiger charge is -2.21. The van der Waals surface area contributed by atoms with E-state index in [1.165, 1.54) is 25.0 Å². The van der Waals surface area contributed by atoms with Crippen LogP contribution in [0.25, 0.3) is 0 Å². The summed E-state index contributed by atoms with van der Waals surface area (Å²) >= 11 is 0. The summed E-state index contributed by atoms with van der Waals surface area (Å²) in [5, 5.41) is 9.43. The van der Waals surface area contributed by atoms with E-state index in [9.17, 15) is 9.90 Å². The summed E-state index contributed by atoms with van der Waals surface area (Å²) in [6.07, 6.45) is 9.18. The van der Waals surface area contributed by atoms with Crippen LogP contribution in [-0.2, 0) is 12.8 Å². The molecule has 2 aliphatic rings. The number of aromatic amines is 1. The molecule has 2 aliphatic carbocycles. The second-order valence-electron chi connectivity index (χ2n) is 5.36. The number of hydrogen-bond acceptors (Lipinski definition) is 1. The molecule has 1 aromatic heterocycles. The molecule has 0 aliphatic heterocycles. The van der Waals surface area contributed by atoms with Crippen LogP contribution in [0, 0.1) is 0 Å². The molecule has 1 aromatic rings. The average Bonchev–Trinajstić information content (AvgIpc) is 2.88. The number of aryl methyl sites for hydroxylation is 1. The van der Waals surface area contributed by atoms with E-state index < -0.39 is 5.97 Å². The Balaban J connectivity index is 2.00. The van der Waals surface area contributed by atoms with Crippen molar-refractivity contribution in [2.75, 3.05) is 0 Å². The second-order valence-corrected chi connectivity index (χ2v) is 5.36. The Bertz CT molecular complexity index is 441. The summed E-state index contributed by atoms with van der Waals surface area (Å²) in [6.45, 7) is 0. The number of carboxylic acids is 1. The molecule has 3 nitrogen and oxygen atoms in total. The van der Waals surface area contributed by atoms with Gasteiger partial charge in [-0.05, 0) is 43.6 Å². The third-order valence-corrected chi connectivity index (χ3v) is 4.30. The van der Waals surface area contributed by atoms with E-state index in [1.807, 2.05) is 0 Å². The first-order valence-corrected chi connectivity index (χ1v) is 6.74. The number of aromatic carboxylic acids is 1. The minimum Gasteiger partial charge on any atom is -0.478 e. The van der Waals surface area contributed by atoms with Crippen LogP contribution in [0.5, 0.6) is 0 Å². The van der Waals surface area contributed by atoms with Gasteiger partial charge in [0, 0.05) is 11.4 Å². The first kappa shape index (κ1) is 10.9. The number of H-pyrrole nitrogens is 1. The number of fused-ring (bicyclic) bond motifs is 1. The summed E-state index contributed by atoms with van der Waals surface area (Å²) < 4.78 is 0. The zero-order valence-electron chi connectivity index (χ0n) is 10.1. The van der Waals surface area contributed by atoms with Crippen LogP contribution in [0.4, 0.5) is 0 Å². The molecule has 0 radical (unpaired) electrons. The van der Waals surface area contributed by atoms with Gasteiger partial charge in [-0.2, -0.15) is 0 Å². The Hall–Kier alpha value is -1.25. The molecule has 1 fully saturated rings. The van der Waals surface area contributed by atoms with Crippen LogP contribution in [0.15, 0.2) is 0 Å². The minimum atomic E-state index is -0.732. The quantitative estimate of drug-likeness (QED) is 0.823. The van der Waals surface area contributed by atoms with Gasteiger partial charge in [0.25, 0.3) is 0 Å². The maximum Gasteiger partial charge on any atom is 0.337 e. The predicted molar refractivity (Wildman–Crippen MR) is 65.6 cm³/mol. The van der Waals surface area contributed by atoms with E-state index in [2.05, 4.69) is 4.98 Å². The smallest absolute Gasteiger partial charge is 0.337 e. The Morgan fingerprint density at radius 3 is 2.59 bits per heavy atom. The molecule has 0 amide bonds. The van der Waals surface area contributed by atoms with Crippen LogP contribution in [0.1, 0.15) is 71.8 Å². The number of nitrogens with one attached hydrogen (secondary N) is 1. The van der Waals surface area contributed by atoms with E-state index in [4.69, 9.17) is 0 Å². The van der Waals surface area contributed by atoms with Crippen molar-refractivity contribution in [2.24, 2.45) is 0 Å². The van der Waals surface area contributed by atoms with E-state index in [0.717, 1.165) is 43.4 Å². The van der Waals surface area contributed by atoms with Gasteiger partial charge in [-0.25, -0.2) is 4.79 Å². The highest BCUT2D eigenvalue weighted by Gasteiger charge is 2.29. The molecule has 0 atom stereocenters. The normalized spacial score (nSPS) is 20.5. The largest absolute Gasteiger partial charge is 0.478 e. The molecule has 17 heavy (non-hydrogen) atoms. The molecule has 3 rings (SSSR count). The lowest BCUT2D eigenvalue weighted by molar-refractivity contribution is 0.0694. The molecule has 0 saturated heterocycles. The molecular weight excluding hydrogens is 214 g/mol. The first-order valence-electron chi connectivity index (χ1n) is 6.74. The maximum atomic E-state index is 11.5. The van der Waals surface area contributed by atoms with E-state index in [0.29, 0.717) is 11.5 Å². The van der Waals surface area contributed by atoms with Crippen LogP contribution >= 0.6 is 0 Å². The molecule has 0 spiro atoms. The van der Waals surface area contributed by atoms with Crippen molar-refractivity contribution in [2.45, 2.75) is 57.3 Å². The van der Waals surface area contributed by atoms with Gasteiger partial charge in [0.1, 0.15) is 0 Å². The van der Waals surface area contributed by atoms with Gasteiger partial charge >= 0.3 is 5.97 Å². The van der Waals surface area contributed by atoms with Gasteiger partial charge in [-0.1, -0.05) is 19.3 Å². The maximum absolute atomic E-state index is 11.5. The number of carbonyl (C=O) groups is 1. The fourth-order valence-corrected chi connectivity index (χ4v) is 3.49. The lowest BCUT2D eigenvalue weighted by atomic mass is 9.85. The molecule has 1 saturated carbocycles. The average molecular weight is 233 g/mol. The predicted octanol–water partition coefficient (Wildman–Crippen LogP) is 3.25. The Morgan fingerprint density at radius 1 is 1.12 bits per heavy atom. The summed E-state index contributed by atoms with van der Waals surface area (Å²) in [6, 6.07) is 0. The molecule has 0 unspecified atom stereocenters. The van der Waals surface area contributed by atoms with E-state index in [1.54, 1.807) is 0 Å². The zero-order valence-corrected chi connectivity index (χ0v) is 10.1. The van der Waals surface area contributed by atoms with Gasteiger partial charge in [0.15, 0.2) is 0 Å². The summed E-state index contributed by atoms with van der Waals surface area (Å²) in [5.41, 5.74) is 3.94. The molecule has 3 heteroatoms. The summed E-state index contributed by atoms with van der Waals surface area (Å²) in [7, 11) is 0. The fraction of sp³-hybridized carbons (Fsp3) is 0.643. The third-order valence-electron chi connectivity index (χ3n) is 4.30. The van der Waals surface area contributed by atoms with Crippen LogP contribution < -0.4 is 0 Å². The monoisotopic (exact) mass is 233 g/mol. The molecule has 0 aromatic carbocycles. The van der Waals surface area contributed by atoms with Gasteiger partial charge in [0.05, 0.1) is 5.56 Å². The van der Waals surface area contributed by atoms with E-state index >= 15 is 0 Å². The Labute approximate surface area is 101 Å². The second kappa shape index (κ2) is 4.21. The SMILES string of the molecule is O=C(O)c1c(C2CCCCC2)[nH]c2c1CCC2. The van der Waals surface area contributed by atoms with Crippen molar-refractivity contribution < 1.29 is 9.90 Å². The third kappa shape index (κ3) is 1.78. The molecule has 2 N–H and O–H groups in total. The van der Waals surface area contributed by atoms with Gasteiger partial charge < -0.3 is 10.1 Å². The number of aromatic nitrogens is 1. The van der Waals surface area contributed by atoms with Crippen LogP contribution in [0.2, 0.25) is 0 Å². The highest BCUT2D eigenvalue weighted by atomic mass is 16.4. The van der Waals surface area contributed by atoms with Crippen molar-refractivity contribution in [3.05, 3.63) is 22.5 Å². The number of hydrogen-bond donors (Lipinski definition) is 2. The van der Waals surface area contributed by atoms with Gasteiger partial charge in [-0.15, -0.1) is 0 Å². The van der Waals surface area contributed by atoms with Crippen LogP contribution in [-0.4, -0.2) is 16.1 Å². The standard InChI is InChI=1S/C14H19NO2/c16-14(17)12-10-7-4-8-11(10)15-13(12)9-5-2-1-3-6-9/h9,15H,1-8H2,(H,16,17). The summed E-state index contributed by atoms with van der Waals surface area (Å²) in [4.78, 5) is 14.9. The Morgan fingerprint density at radius 2 is 1.88 bits per heavy atom. The Kier molecular flexibility index (Phi) is 2.69. The van der Waals surface area contributed by atoms with Crippen molar-refractivity contribution in [1.82, 2.24) is 4.98 Å². The fourth-order valence-electron chi connectivity index (χ4n) is 3.49. The van der Waals surface area contributed by atoms with Crippen LogP contribution in [0.3, 0.4) is 0 Å². The first-order chi connectivity index (χ1) is 8.27. The molecule has 1 heterocycles. The van der Waals surface area contributed by atoms with Crippen molar-refractivity contribution in [3.8, 4) is 0 Å². The summed E-state index contributed by atoms with van der Waals surface area (Å²) in [5.74, 6) is -0.273. The van der Waals surface area contributed by atoms with Crippen molar-refractivity contribution >= 4 is 5.97 Å². The van der Waals surface area contributed by atoms with Gasteiger partial charge in [0.2, 0.25) is 0 Å². The highest BCUT2D eigenvalue weighted by Crippen LogP contribution is 2.38. The molecule has 0 bridgehead atoms. The van der Waals surface area contributed by atoms with Crippen molar-refractivity contribution in [1.29, 1.82) is 0 Å². The molecular formula is C14H19NO2. The number of carboxylic acid groups (broad SMARTS) is 1. The topological polar surface area (TPSA) is 53.1 Å². The van der Waals surface area contributed by atoms with Gasteiger partial charge in [-0.3, -0.25) is 0 Å². The van der Waals surface area contributed by atoms with Crippen molar-refractivity contribution in [3.63, 3.8) is 0 Å². The zero-order chi connectivity index (χ0) is 11.8. The highest BCUT2D eigenvalue weighted by molar-refractivity contribution is 5.92. The lowest BCUT2D eigenvalue weighted by Crippen LogP contribution is -2.11.